The third-order valence-electron chi connectivity index (χ3n) is 4.95. The van der Waals surface area contributed by atoms with Gasteiger partial charge in [0.05, 0.1) is 16.9 Å². The lowest BCUT2D eigenvalue weighted by Gasteiger charge is -2.24. The van der Waals surface area contributed by atoms with Gasteiger partial charge in [0.2, 0.25) is 0 Å². The number of halogens is 2. The Hall–Kier alpha value is -2.93. The van der Waals surface area contributed by atoms with Crippen molar-refractivity contribution in [3.63, 3.8) is 0 Å². The maximum absolute atomic E-state index is 14.5. The largest absolute Gasteiger partial charge is 0.379 e. The van der Waals surface area contributed by atoms with Crippen molar-refractivity contribution in [2.24, 2.45) is 0 Å². The third-order valence-corrected chi connectivity index (χ3v) is 4.95. The van der Waals surface area contributed by atoms with Crippen LogP contribution in [0.3, 0.4) is 0 Å². The van der Waals surface area contributed by atoms with E-state index in [1.54, 1.807) is 18.2 Å². The topological polar surface area (TPSA) is 56.4 Å². The van der Waals surface area contributed by atoms with Gasteiger partial charge in [-0.3, -0.25) is 4.79 Å². The number of nitrogens with zero attached hydrogens (tertiary/aromatic N) is 1. The molecular formula is C22H26F2N4O. The highest BCUT2D eigenvalue weighted by atomic mass is 19.1. The van der Waals surface area contributed by atoms with Crippen LogP contribution in [0.25, 0.3) is 5.57 Å². The van der Waals surface area contributed by atoms with Crippen LogP contribution in [0, 0.1) is 11.6 Å². The fourth-order valence-electron chi connectivity index (χ4n) is 3.37. The van der Waals surface area contributed by atoms with E-state index in [9.17, 15) is 13.6 Å². The highest BCUT2D eigenvalue weighted by Gasteiger charge is 2.24. The SMILES string of the molecule is CCN(CC)CC(C)Nc1ccc(NC=C2C(=O)Nc3cc(F)ccc32)cc1F. The Morgan fingerprint density at radius 3 is 2.59 bits per heavy atom. The Morgan fingerprint density at radius 1 is 1.14 bits per heavy atom. The molecule has 1 amide bonds. The van der Waals surface area contributed by atoms with E-state index in [2.05, 4.69) is 34.7 Å². The molecule has 0 spiro atoms. The van der Waals surface area contributed by atoms with E-state index in [0.717, 1.165) is 19.6 Å². The van der Waals surface area contributed by atoms with Crippen molar-refractivity contribution in [3.8, 4) is 0 Å². The first-order chi connectivity index (χ1) is 13.9. The molecule has 0 saturated heterocycles. The summed E-state index contributed by atoms with van der Waals surface area (Å²) in [6, 6.07) is 9.01. The molecule has 5 nitrogen and oxygen atoms in total. The van der Waals surface area contributed by atoms with Crippen LogP contribution in [0.4, 0.5) is 25.8 Å². The lowest BCUT2D eigenvalue weighted by Crippen LogP contribution is -2.34. The monoisotopic (exact) mass is 400 g/mol. The van der Waals surface area contributed by atoms with Crippen molar-refractivity contribution in [1.82, 2.24) is 4.90 Å². The lowest BCUT2D eigenvalue weighted by molar-refractivity contribution is -0.110. The first kappa shape index (κ1) is 20.8. The second kappa shape index (κ2) is 9.05. The molecule has 0 saturated carbocycles. The first-order valence-electron chi connectivity index (χ1n) is 9.77. The summed E-state index contributed by atoms with van der Waals surface area (Å²) in [6.45, 7) is 8.95. The van der Waals surface area contributed by atoms with E-state index >= 15 is 0 Å². The first-order valence-corrected chi connectivity index (χ1v) is 9.77. The summed E-state index contributed by atoms with van der Waals surface area (Å²) in [5.41, 5.74) is 2.35. The fraction of sp³-hybridized carbons (Fsp3) is 0.318. The average molecular weight is 400 g/mol. The second-order valence-electron chi connectivity index (χ2n) is 7.07. The molecule has 0 aromatic heterocycles. The second-order valence-corrected chi connectivity index (χ2v) is 7.07. The zero-order chi connectivity index (χ0) is 21.0. The van der Waals surface area contributed by atoms with Crippen LogP contribution in [0.15, 0.2) is 42.6 Å². The Bertz CT molecular complexity index is 925. The zero-order valence-electron chi connectivity index (χ0n) is 16.9. The number of likely N-dealkylation sites (N-methyl/N-ethyl adjacent to an activating group) is 1. The molecule has 0 radical (unpaired) electrons. The molecule has 7 heteroatoms. The Kier molecular flexibility index (Phi) is 6.49. The third kappa shape index (κ3) is 4.92. The predicted molar refractivity (Wildman–Crippen MR) is 114 cm³/mol. The molecule has 1 aliphatic heterocycles. The molecule has 3 rings (SSSR count). The summed E-state index contributed by atoms with van der Waals surface area (Å²) < 4.78 is 27.8. The minimum absolute atomic E-state index is 0.101. The molecule has 2 aromatic carbocycles. The summed E-state index contributed by atoms with van der Waals surface area (Å²) in [5.74, 6) is -1.13. The van der Waals surface area contributed by atoms with Crippen molar-refractivity contribution in [2.45, 2.75) is 26.8 Å². The molecule has 29 heavy (non-hydrogen) atoms. The number of fused-ring (bicyclic) bond motifs is 1. The van der Waals surface area contributed by atoms with E-state index in [-0.39, 0.29) is 17.8 Å². The Labute approximate surface area is 169 Å². The van der Waals surface area contributed by atoms with Crippen LogP contribution in [-0.4, -0.2) is 36.5 Å². The van der Waals surface area contributed by atoms with Gasteiger partial charge < -0.3 is 20.9 Å². The standard InChI is InChI=1S/C22H26F2N4O/c1-4-28(5-2)13-14(3)26-20-9-7-16(11-19(20)24)25-12-18-17-8-6-15(23)10-21(17)27-22(18)29/h6-12,14,25-26H,4-5,13H2,1-3H3,(H,27,29). The van der Waals surface area contributed by atoms with Crippen LogP contribution in [0.1, 0.15) is 26.3 Å². The maximum atomic E-state index is 14.5. The number of nitrogens with one attached hydrogen (secondary N) is 3. The van der Waals surface area contributed by atoms with E-state index in [1.165, 1.54) is 24.4 Å². The average Bonchev–Trinajstić information content (AvgIpc) is 3.00. The van der Waals surface area contributed by atoms with Gasteiger partial charge in [0.1, 0.15) is 11.6 Å². The number of benzene rings is 2. The van der Waals surface area contributed by atoms with E-state index < -0.39 is 5.82 Å². The molecule has 2 aromatic rings. The van der Waals surface area contributed by atoms with Gasteiger partial charge in [0.25, 0.3) is 5.91 Å². The van der Waals surface area contributed by atoms with E-state index in [0.29, 0.717) is 28.2 Å². The molecular weight excluding hydrogens is 374 g/mol. The number of rotatable bonds is 8. The van der Waals surface area contributed by atoms with Gasteiger partial charge in [-0.2, -0.15) is 0 Å². The molecule has 154 valence electrons. The summed E-state index contributed by atoms with van der Waals surface area (Å²) in [4.78, 5) is 14.4. The maximum Gasteiger partial charge on any atom is 0.257 e. The Balaban J connectivity index is 1.68. The van der Waals surface area contributed by atoms with Crippen LogP contribution in [0.2, 0.25) is 0 Å². The number of carbonyl (C=O) groups is 1. The van der Waals surface area contributed by atoms with Crippen LogP contribution in [0.5, 0.6) is 0 Å². The molecule has 1 atom stereocenters. The smallest absolute Gasteiger partial charge is 0.257 e. The summed E-state index contributed by atoms with van der Waals surface area (Å²) in [6.07, 6.45) is 1.50. The van der Waals surface area contributed by atoms with E-state index in [1.807, 2.05) is 6.92 Å². The minimum Gasteiger partial charge on any atom is -0.379 e. The van der Waals surface area contributed by atoms with Crippen molar-refractivity contribution >= 4 is 28.5 Å². The van der Waals surface area contributed by atoms with Gasteiger partial charge in [-0.1, -0.05) is 13.8 Å². The molecule has 0 fully saturated rings. The highest BCUT2D eigenvalue weighted by molar-refractivity contribution is 6.31. The van der Waals surface area contributed by atoms with Gasteiger partial charge in [-0.25, -0.2) is 8.78 Å². The van der Waals surface area contributed by atoms with Gasteiger partial charge in [-0.15, -0.1) is 0 Å². The van der Waals surface area contributed by atoms with Crippen molar-refractivity contribution < 1.29 is 13.6 Å². The quantitative estimate of drug-likeness (QED) is 0.571. The lowest BCUT2D eigenvalue weighted by atomic mass is 10.1. The minimum atomic E-state index is -0.418. The Morgan fingerprint density at radius 2 is 1.90 bits per heavy atom. The summed E-state index contributed by atoms with van der Waals surface area (Å²) >= 11 is 0. The molecule has 1 heterocycles. The highest BCUT2D eigenvalue weighted by Crippen LogP contribution is 2.32. The van der Waals surface area contributed by atoms with Crippen LogP contribution >= 0.6 is 0 Å². The molecule has 1 unspecified atom stereocenters. The van der Waals surface area contributed by atoms with E-state index in [4.69, 9.17) is 0 Å². The van der Waals surface area contributed by atoms with Crippen LogP contribution < -0.4 is 16.0 Å². The number of amides is 1. The number of hydrogen-bond donors (Lipinski definition) is 3. The number of anilines is 3. The van der Waals surface area contributed by atoms with Crippen molar-refractivity contribution in [3.05, 3.63) is 59.8 Å². The fourth-order valence-corrected chi connectivity index (χ4v) is 3.37. The summed E-state index contributed by atoms with van der Waals surface area (Å²) in [5, 5.41) is 8.77. The van der Waals surface area contributed by atoms with Crippen molar-refractivity contribution in [1.29, 1.82) is 0 Å². The van der Waals surface area contributed by atoms with Gasteiger partial charge in [0.15, 0.2) is 0 Å². The van der Waals surface area contributed by atoms with Gasteiger partial charge >= 0.3 is 0 Å². The molecule has 0 bridgehead atoms. The molecule has 3 N–H and O–H groups in total. The normalized spacial score (nSPS) is 15.4. The number of carbonyl (C=O) groups excluding carboxylic acids is 1. The number of hydrogen-bond acceptors (Lipinski definition) is 4. The van der Waals surface area contributed by atoms with Gasteiger partial charge in [0, 0.05) is 30.0 Å². The van der Waals surface area contributed by atoms with Crippen molar-refractivity contribution in [2.75, 3.05) is 35.6 Å². The molecule has 1 aliphatic rings. The zero-order valence-corrected chi connectivity index (χ0v) is 16.9. The van der Waals surface area contributed by atoms with Crippen LogP contribution in [-0.2, 0) is 4.79 Å². The predicted octanol–water partition coefficient (Wildman–Crippen LogP) is 4.51. The summed E-state index contributed by atoms with van der Waals surface area (Å²) in [7, 11) is 0. The molecule has 0 aliphatic carbocycles. The van der Waals surface area contributed by atoms with Gasteiger partial charge in [-0.05, 0) is 56.4 Å².